The number of nitrogens with zero attached hydrogens (tertiary/aromatic N) is 1. The molecule has 1 unspecified atom stereocenters. The predicted octanol–water partition coefficient (Wildman–Crippen LogP) is 2.04. The smallest absolute Gasteiger partial charge is 0.328 e. The Morgan fingerprint density at radius 2 is 2.05 bits per heavy atom. The van der Waals surface area contributed by atoms with Crippen molar-refractivity contribution in [2.45, 2.75) is 19.9 Å². The molecular formula is C14H17N3O2. The highest BCUT2D eigenvalue weighted by Gasteiger charge is 2.22. The summed E-state index contributed by atoms with van der Waals surface area (Å²) < 4.78 is 0. The molecule has 3 N–H and O–H groups in total. The SMILES string of the molecule is CNC(C(=O)O)c1nc(-c2ccccc2C)c(C)[nH]1. The predicted molar refractivity (Wildman–Crippen MR) is 72.9 cm³/mol. The Hall–Kier alpha value is -2.14. The third-order valence-electron chi connectivity index (χ3n) is 3.11. The Morgan fingerprint density at radius 1 is 1.37 bits per heavy atom. The number of likely N-dealkylation sites (N-methyl/N-ethyl adjacent to an activating group) is 1. The first-order valence-corrected chi connectivity index (χ1v) is 6.07. The summed E-state index contributed by atoms with van der Waals surface area (Å²) in [6.07, 6.45) is 0. The minimum Gasteiger partial charge on any atom is -0.480 e. The van der Waals surface area contributed by atoms with Crippen LogP contribution in [-0.2, 0) is 4.79 Å². The van der Waals surface area contributed by atoms with Crippen molar-refractivity contribution >= 4 is 5.97 Å². The van der Waals surface area contributed by atoms with Crippen molar-refractivity contribution in [3.8, 4) is 11.3 Å². The second-order valence-electron chi connectivity index (χ2n) is 4.47. The molecule has 0 aliphatic rings. The number of benzene rings is 1. The highest BCUT2D eigenvalue weighted by molar-refractivity contribution is 5.75. The molecule has 0 spiro atoms. The Morgan fingerprint density at radius 3 is 2.63 bits per heavy atom. The van der Waals surface area contributed by atoms with Gasteiger partial charge in [0.2, 0.25) is 0 Å². The van der Waals surface area contributed by atoms with Crippen molar-refractivity contribution in [3.05, 3.63) is 41.3 Å². The number of carboxylic acid groups (broad SMARTS) is 1. The standard InChI is InChI=1S/C14H17N3O2/c1-8-6-4-5-7-10(8)11-9(2)16-13(17-11)12(15-3)14(18)19/h4-7,12,15H,1-3H3,(H,16,17)(H,18,19). The second-order valence-corrected chi connectivity index (χ2v) is 4.47. The number of hydrogen-bond acceptors (Lipinski definition) is 3. The van der Waals surface area contributed by atoms with E-state index in [1.54, 1.807) is 7.05 Å². The van der Waals surface area contributed by atoms with Crippen LogP contribution in [0, 0.1) is 13.8 Å². The van der Waals surface area contributed by atoms with Gasteiger partial charge in [-0.2, -0.15) is 0 Å². The largest absolute Gasteiger partial charge is 0.480 e. The Labute approximate surface area is 111 Å². The van der Waals surface area contributed by atoms with E-state index in [9.17, 15) is 4.79 Å². The van der Waals surface area contributed by atoms with Crippen LogP contribution in [0.15, 0.2) is 24.3 Å². The first-order valence-electron chi connectivity index (χ1n) is 6.07. The molecule has 19 heavy (non-hydrogen) atoms. The van der Waals surface area contributed by atoms with E-state index >= 15 is 0 Å². The fourth-order valence-corrected chi connectivity index (χ4v) is 2.10. The number of carboxylic acids is 1. The minimum atomic E-state index is -0.951. The average molecular weight is 259 g/mol. The summed E-state index contributed by atoms with van der Waals surface area (Å²) in [6, 6.07) is 7.09. The summed E-state index contributed by atoms with van der Waals surface area (Å²) >= 11 is 0. The topological polar surface area (TPSA) is 78.0 Å². The molecule has 2 rings (SSSR count). The Balaban J connectivity index is 2.48. The molecule has 2 aromatic rings. The highest BCUT2D eigenvalue weighted by atomic mass is 16.4. The van der Waals surface area contributed by atoms with Gasteiger partial charge in [-0.3, -0.25) is 4.79 Å². The van der Waals surface area contributed by atoms with Gasteiger partial charge >= 0.3 is 5.97 Å². The molecule has 0 bridgehead atoms. The number of aromatic amines is 1. The van der Waals surface area contributed by atoms with Crippen molar-refractivity contribution in [2.24, 2.45) is 0 Å². The summed E-state index contributed by atoms with van der Waals surface area (Å²) in [4.78, 5) is 18.6. The Bertz CT molecular complexity index is 604. The fraction of sp³-hybridized carbons (Fsp3) is 0.286. The number of aryl methyl sites for hydroxylation is 2. The van der Waals surface area contributed by atoms with Crippen molar-refractivity contribution < 1.29 is 9.90 Å². The van der Waals surface area contributed by atoms with Gasteiger partial charge in [0.05, 0.1) is 5.69 Å². The van der Waals surface area contributed by atoms with Gasteiger partial charge in [-0.15, -0.1) is 0 Å². The molecule has 5 heteroatoms. The van der Waals surface area contributed by atoms with E-state index in [4.69, 9.17) is 5.11 Å². The quantitative estimate of drug-likeness (QED) is 0.785. The zero-order valence-corrected chi connectivity index (χ0v) is 11.2. The summed E-state index contributed by atoms with van der Waals surface area (Å²) in [5.74, 6) is -0.529. The lowest BCUT2D eigenvalue weighted by molar-refractivity contribution is -0.139. The first-order chi connectivity index (χ1) is 9.04. The summed E-state index contributed by atoms with van der Waals surface area (Å²) in [6.45, 7) is 3.91. The van der Waals surface area contributed by atoms with Crippen molar-refractivity contribution in [1.29, 1.82) is 0 Å². The molecule has 1 aromatic heterocycles. The third-order valence-corrected chi connectivity index (χ3v) is 3.11. The minimum absolute atomic E-state index is 0.422. The van der Waals surface area contributed by atoms with E-state index < -0.39 is 12.0 Å². The maximum Gasteiger partial charge on any atom is 0.328 e. The van der Waals surface area contributed by atoms with Crippen LogP contribution in [-0.4, -0.2) is 28.1 Å². The van der Waals surface area contributed by atoms with Crippen LogP contribution in [0.25, 0.3) is 11.3 Å². The molecule has 0 saturated heterocycles. The normalized spacial score (nSPS) is 12.4. The van der Waals surface area contributed by atoms with E-state index in [0.717, 1.165) is 22.5 Å². The molecule has 5 nitrogen and oxygen atoms in total. The molecule has 1 aromatic carbocycles. The van der Waals surface area contributed by atoms with Gasteiger partial charge in [-0.05, 0) is 26.5 Å². The van der Waals surface area contributed by atoms with Crippen LogP contribution in [0.1, 0.15) is 23.1 Å². The molecule has 0 radical (unpaired) electrons. The van der Waals surface area contributed by atoms with E-state index in [2.05, 4.69) is 15.3 Å². The molecule has 0 aliphatic carbocycles. The van der Waals surface area contributed by atoms with Crippen LogP contribution < -0.4 is 5.32 Å². The maximum atomic E-state index is 11.1. The molecular weight excluding hydrogens is 242 g/mol. The number of imidazole rings is 1. The molecule has 0 aliphatic heterocycles. The van der Waals surface area contributed by atoms with Crippen LogP contribution in [0.3, 0.4) is 0 Å². The Kier molecular flexibility index (Phi) is 3.66. The van der Waals surface area contributed by atoms with Crippen molar-refractivity contribution in [2.75, 3.05) is 7.05 Å². The summed E-state index contributed by atoms with van der Waals surface area (Å²) in [5.41, 5.74) is 3.79. The number of aliphatic carboxylic acids is 1. The molecule has 1 atom stereocenters. The lowest BCUT2D eigenvalue weighted by atomic mass is 10.1. The van der Waals surface area contributed by atoms with Crippen molar-refractivity contribution in [3.63, 3.8) is 0 Å². The van der Waals surface area contributed by atoms with Gasteiger partial charge < -0.3 is 15.4 Å². The zero-order valence-electron chi connectivity index (χ0n) is 11.2. The second kappa shape index (κ2) is 5.24. The summed E-state index contributed by atoms with van der Waals surface area (Å²) in [7, 11) is 1.60. The number of nitrogens with one attached hydrogen (secondary N) is 2. The number of rotatable bonds is 4. The van der Waals surface area contributed by atoms with E-state index in [-0.39, 0.29) is 0 Å². The highest BCUT2D eigenvalue weighted by Crippen LogP contribution is 2.26. The third kappa shape index (κ3) is 2.51. The van der Waals surface area contributed by atoms with Gasteiger partial charge in [0.25, 0.3) is 0 Å². The van der Waals surface area contributed by atoms with Crippen LogP contribution in [0.5, 0.6) is 0 Å². The molecule has 1 heterocycles. The number of hydrogen-bond donors (Lipinski definition) is 3. The first kappa shape index (κ1) is 13.3. The van der Waals surface area contributed by atoms with Gasteiger partial charge in [0.1, 0.15) is 5.82 Å². The van der Waals surface area contributed by atoms with Crippen LogP contribution >= 0.6 is 0 Å². The van der Waals surface area contributed by atoms with Crippen LogP contribution in [0.2, 0.25) is 0 Å². The van der Waals surface area contributed by atoms with Crippen molar-refractivity contribution in [1.82, 2.24) is 15.3 Å². The number of carbonyl (C=O) groups is 1. The van der Waals surface area contributed by atoms with Crippen LogP contribution in [0.4, 0.5) is 0 Å². The average Bonchev–Trinajstić information content (AvgIpc) is 2.72. The lowest BCUT2D eigenvalue weighted by Gasteiger charge is -2.07. The van der Waals surface area contributed by atoms with E-state index in [0.29, 0.717) is 5.82 Å². The van der Waals surface area contributed by atoms with E-state index in [1.807, 2.05) is 38.1 Å². The fourth-order valence-electron chi connectivity index (χ4n) is 2.10. The monoisotopic (exact) mass is 259 g/mol. The summed E-state index contributed by atoms with van der Waals surface area (Å²) in [5, 5.41) is 11.9. The molecule has 0 amide bonds. The van der Waals surface area contributed by atoms with Gasteiger partial charge in [-0.25, -0.2) is 4.98 Å². The number of H-pyrrole nitrogens is 1. The van der Waals surface area contributed by atoms with Gasteiger partial charge in [0, 0.05) is 11.3 Å². The molecule has 0 saturated carbocycles. The lowest BCUT2D eigenvalue weighted by Crippen LogP contribution is -2.26. The number of aromatic nitrogens is 2. The maximum absolute atomic E-state index is 11.1. The van der Waals surface area contributed by atoms with Gasteiger partial charge in [-0.1, -0.05) is 24.3 Å². The molecule has 0 fully saturated rings. The zero-order chi connectivity index (χ0) is 14.0. The molecule has 100 valence electrons. The van der Waals surface area contributed by atoms with Gasteiger partial charge in [0.15, 0.2) is 6.04 Å². The van der Waals surface area contributed by atoms with E-state index in [1.165, 1.54) is 0 Å².